The monoisotopic (exact) mass is 698 g/mol. The minimum Gasteiger partial charge on any atom is -0.356 e. The molecule has 5 amide bonds. The van der Waals surface area contributed by atoms with Crippen molar-refractivity contribution in [3.05, 3.63) is 59.7 Å². The molecule has 10 nitrogen and oxygen atoms in total. The molecule has 0 aromatic heterocycles. The van der Waals surface area contributed by atoms with Crippen LogP contribution in [-0.4, -0.2) is 49.2 Å². The number of hydrogen-bond donors (Lipinski definition) is 5. The fraction of sp³-hybridized carbons (Fsp3) is 0.575. The Morgan fingerprint density at radius 2 is 0.960 bits per heavy atom. The number of benzene rings is 2. The van der Waals surface area contributed by atoms with Gasteiger partial charge in [0.25, 0.3) is 0 Å². The van der Waals surface area contributed by atoms with Gasteiger partial charge in [-0.15, -0.1) is 0 Å². The molecule has 0 saturated carbocycles. The van der Waals surface area contributed by atoms with Crippen LogP contribution in [0, 0.1) is 31.6 Å². The zero-order chi connectivity index (χ0) is 38.5. The fourth-order valence-corrected chi connectivity index (χ4v) is 3.48. The summed E-state index contributed by atoms with van der Waals surface area (Å²) in [7, 11) is 0. The third-order valence-corrected chi connectivity index (χ3v) is 6.87. The van der Waals surface area contributed by atoms with Crippen LogP contribution in [0.4, 0.5) is 11.4 Å². The van der Waals surface area contributed by atoms with Crippen LogP contribution in [0.3, 0.4) is 0 Å². The Morgan fingerprint density at radius 1 is 0.500 bits per heavy atom. The first-order chi connectivity index (χ1) is 23.6. The van der Waals surface area contributed by atoms with E-state index in [0.717, 1.165) is 30.8 Å². The van der Waals surface area contributed by atoms with E-state index in [1.54, 1.807) is 13.8 Å². The largest absolute Gasteiger partial charge is 0.356 e. The summed E-state index contributed by atoms with van der Waals surface area (Å²) in [5.74, 6) is 0.146. The van der Waals surface area contributed by atoms with Crippen LogP contribution >= 0.6 is 0 Å². The summed E-state index contributed by atoms with van der Waals surface area (Å²) in [6, 6.07) is 15.6. The average molecular weight is 698 g/mol. The lowest BCUT2D eigenvalue weighted by atomic mass is 10.2. The maximum absolute atomic E-state index is 11.3. The smallest absolute Gasteiger partial charge is 0.239 e. The maximum Gasteiger partial charge on any atom is 0.239 e. The highest BCUT2D eigenvalue weighted by molar-refractivity contribution is 5.92. The number of anilines is 2. The standard InChI is InChI=1S/C11H15NO.C10H13NO.C10H21NO.C9H18N2O2/c1-8(2)11(13)12-10-6-4-9(3)5-7-10;1-3-10(12)11-9-6-4-8(2)5-7-9;1-4-5-6-7-8-11-10(12)9(2)3;1-4-5-10-8(12)6-11-9(13)7(2)3/h4-8H,1-3H3,(H,12,13);4-7H,3H2,1-2H3,(H,11,12);9H,4-8H2,1-3H3,(H,11,12);7H,4-6H2,1-3H3,(H,10,12)(H,11,13). The normalized spacial score (nSPS) is 9.96. The molecular weight excluding hydrogens is 630 g/mol. The molecule has 5 N–H and O–H groups in total. The topological polar surface area (TPSA) is 146 Å². The van der Waals surface area contributed by atoms with Gasteiger partial charge in [-0.05, 0) is 51.0 Å². The first-order valence-electron chi connectivity index (χ1n) is 18.1. The summed E-state index contributed by atoms with van der Waals surface area (Å²) in [6.07, 6.45) is 6.30. The minimum absolute atomic E-state index is 0.0290. The highest BCUT2D eigenvalue weighted by Crippen LogP contribution is 2.10. The Kier molecular flexibility index (Phi) is 28.4. The summed E-state index contributed by atoms with van der Waals surface area (Å²) >= 11 is 0. The first-order valence-corrected chi connectivity index (χ1v) is 18.1. The van der Waals surface area contributed by atoms with Gasteiger partial charge in [0.1, 0.15) is 0 Å². The third kappa shape index (κ3) is 27.7. The lowest BCUT2D eigenvalue weighted by Crippen LogP contribution is -2.38. The van der Waals surface area contributed by atoms with Gasteiger partial charge in [0, 0.05) is 48.6 Å². The Bertz CT molecular complexity index is 1230. The Labute approximate surface area is 302 Å². The van der Waals surface area contributed by atoms with Crippen molar-refractivity contribution in [2.24, 2.45) is 17.8 Å². The molecule has 50 heavy (non-hydrogen) atoms. The molecule has 0 fully saturated rings. The Balaban J connectivity index is 0. The van der Waals surface area contributed by atoms with Gasteiger partial charge in [-0.2, -0.15) is 0 Å². The maximum atomic E-state index is 11.3. The first kappa shape index (κ1) is 47.9. The van der Waals surface area contributed by atoms with Crippen molar-refractivity contribution in [2.45, 2.75) is 115 Å². The SMILES string of the molecule is CCC(=O)Nc1ccc(C)cc1.CCCCCCNC(=O)C(C)C.CCCNC(=O)CNC(=O)C(C)C.Cc1ccc(NC(=O)C(C)C)cc1. The molecular formula is C40H67N5O5. The molecule has 0 aliphatic heterocycles. The zero-order valence-electron chi connectivity index (χ0n) is 32.8. The number of hydrogen-bond acceptors (Lipinski definition) is 5. The van der Waals surface area contributed by atoms with Gasteiger partial charge in [0.2, 0.25) is 29.5 Å². The van der Waals surface area contributed by atoms with Crippen LogP contribution in [0.5, 0.6) is 0 Å². The van der Waals surface area contributed by atoms with Gasteiger partial charge in [0.15, 0.2) is 0 Å². The van der Waals surface area contributed by atoms with Crippen molar-refractivity contribution in [3.63, 3.8) is 0 Å². The summed E-state index contributed by atoms with van der Waals surface area (Å²) in [6.45, 7) is 22.8. The van der Waals surface area contributed by atoms with E-state index in [4.69, 9.17) is 0 Å². The predicted octanol–water partition coefficient (Wildman–Crippen LogP) is 7.56. The molecule has 0 spiro atoms. The molecule has 282 valence electrons. The molecule has 0 bridgehead atoms. The molecule has 0 aliphatic rings. The van der Waals surface area contributed by atoms with Crippen LogP contribution in [0.2, 0.25) is 0 Å². The van der Waals surface area contributed by atoms with E-state index >= 15 is 0 Å². The molecule has 0 heterocycles. The highest BCUT2D eigenvalue weighted by Gasteiger charge is 2.08. The van der Waals surface area contributed by atoms with E-state index in [2.05, 4.69) is 33.5 Å². The second-order valence-corrected chi connectivity index (χ2v) is 13.0. The van der Waals surface area contributed by atoms with E-state index in [1.807, 2.05) is 104 Å². The third-order valence-electron chi connectivity index (χ3n) is 6.87. The second kappa shape index (κ2) is 29.7. The number of aryl methyl sites for hydroxylation is 2. The lowest BCUT2D eigenvalue weighted by molar-refractivity contribution is -0.127. The predicted molar refractivity (Wildman–Crippen MR) is 208 cm³/mol. The van der Waals surface area contributed by atoms with Gasteiger partial charge in [-0.1, -0.05) is 117 Å². The van der Waals surface area contributed by atoms with Gasteiger partial charge >= 0.3 is 0 Å². The number of amides is 5. The summed E-state index contributed by atoms with van der Waals surface area (Å²) in [4.78, 5) is 55.3. The Morgan fingerprint density at radius 3 is 1.38 bits per heavy atom. The number of rotatable bonds is 15. The van der Waals surface area contributed by atoms with Crippen molar-refractivity contribution in [2.75, 3.05) is 30.3 Å². The molecule has 0 unspecified atom stereocenters. The summed E-state index contributed by atoms with van der Waals surface area (Å²) < 4.78 is 0. The van der Waals surface area contributed by atoms with E-state index in [-0.39, 0.29) is 53.8 Å². The quantitative estimate of drug-likeness (QED) is 0.122. The van der Waals surface area contributed by atoms with Gasteiger partial charge in [-0.25, -0.2) is 0 Å². The minimum atomic E-state index is -0.129. The number of unbranched alkanes of at least 4 members (excludes halogenated alkanes) is 3. The van der Waals surface area contributed by atoms with E-state index in [9.17, 15) is 24.0 Å². The van der Waals surface area contributed by atoms with Crippen LogP contribution in [0.1, 0.15) is 112 Å². The van der Waals surface area contributed by atoms with Gasteiger partial charge < -0.3 is 26.6 Å². The van der Waals surface area contributed by atoms with Crippen molar-refractivity contribution in [1.29, 1.82) is 0 Å². The molecule has 2 aromatic carbocycles. The number of carbonyl (C=O) groups excluding carboxylic acids is 5. The molecule has 0 atom stereocenters. The molecule has 2 rings (SSSR count). The van der Waals surface area contributed by atoms with Gasteiger partial charge in [-0.3, -0.25) is 24.0 Å². The van der Waals surface area contributed by atoms with E-state index in [1.165, 1.54) is 30.4 Å². The summed E-state index contributed by atoms with van der Waals surface area (Å²) in [5, 5.41) is 13.7. The van der Waals surface area contributed by atoms with E-state index in [0.29, 0.717) is 13.0 Å². The van der Waals surface area contributed by atoms with E-state index < -0.39 is 0 Å². The molecule has 0 saturated heterocycles. The zero-order valence-corrected chi connectivity index (χ0v) is 32.8. The highest BCUT2D eigenvalue weighted by atomic mass is 16.2. The van der Waals surface area contributed by atoms with Gasteiger partial charge in [0.05, 0.1) is 6.54 Å². The molecule has 2 aromatic rings. The van der Waals surface area contributed by atoms with Crippen molar-refractivity contribution in [1.82, 2.24) is 16.0 Å². The lowest BCUT2D eigenvalue weighted by Gasteiger charge is -2.07. The number of carbonyl (C=O) groups is 5. The Hall–Kier alpha value is -4.21. The number of nitrogens with one attached hydrogen (secondary N) is 5. The van der Waals surface area contributed by atoms with Crippen LogP contribution in [0.15, 0.2) is 48.5 Å². The van der Waals surface area contributed by atoms with Crippen LogP contribution in [-0.2, 0) is 24.0 Å². The molecule has 0 radical (unpaired) electrons. The fourth-order valence-electron chi connectivity index (χ4n) is 3.48. The van der Waals surface area contributed by atoms with Crippen LogP contribution < -0.4 is 26.6 Å². The van der Waals surface area contributed by atoms with Crippen molar-refractivity contribution < 1.29 is 24.0 Å². The van der Waals surface area contributed by atoms with Crippen molar-refractivity contribution in [3.8, 4) is 0 Å². The summed E-state index contributed by atoms with van der Waals surface area (Å²) in [5.41, 5.74) is 4.13. The molecule has 10 heteroatoms. The van der Waals surface area contributed by atoms with Crippen LogP contribution in [0.25, 0.3) is 0 Å². The second-order valence-electron chi connectivity index (χ2n) is 13.0. The van der Waals surface area contributed by atoms with Crippen molar-refractivity contribution >= 4 is 40.9 Å². The average Bonchev–Trinajstić information content (AvgIpc) is 3.08. The molecule has 0 aliphatic carbocycles.